The summed E-state index contributed by atoms with van der Waals surface area (Å²) in [5.41, 5.74) is 1.68. The molecule has 3 aromatic rings. The number of aliphatic hydroxyl groups is 1. The predicted molar refractivity (Wildman–Crippen MR) is 74.1 cm³/mol. The van der Waals surface area contributed by atoms with E-state index in [0.29, 0.717) is 12.4 Å². The number of aliphatic hydroxyl groups excluding tert-OH is 1. The van der Waals surface area contributed by atoms with Gasteiger partial charge in [-0.25, -0.2) is 9.97 Å². The van der Waals surface area contributed by atoms with Crippen molar-refractivity contribution in [2.45, 2.75) is 6.10 Å². The monoisotopic (exact) mass is 275 g/mol. The molecule has 98 valence electrons. The van der Waals surface area contributed by atoms with E-state index in [1.165, 1.54) is 6.33 Å². The number of aryl methyl sites for hydroxylation is 1. The van der Waals surface area contributed by atoms with Gasteiger partial charge in [0.15, 0.2) is 5.65 Å². The molecule has 0 saturated heterocycles. The highest BCUT2D eigenvalue weighted by atomic mass is 32.1. The quantitative estimate of drug-likeness (QED) is 0.756. The Hall–Kier alpha value is -1.99. The minimum atomic E-state index is -0.548. The van der Waals surface area contributed by atoms with Crippen LogP contribution >= 0.6 is 11.3 Å². The molecule has 0 amide bonds. The second-order valence-corrected chi connectivity index (χ2v) is 4.96. The van der Waals surface area contributed by atoms with Crippen molar-refractivity contribution in [3.8, 4) is 0 Å². The van der Waals surface area contributed by atoms with Crippen molar-refractivity contribution in [3.63, 3.8) is 0 Å². The van der Waals surface area contributed by atoms with Gasteiger partial charge in [0.25, 0.3) is 0 Å². The second kappa shape index (κ2) is 4.94. The number of anilines is 1. The first-order valence-electron chi connectivity index (χ1n) is 5.82. The summed E-state index contributed by atoms with van der Waals surface area (Å²) in [6, 6.07) is 1.91. The van der Waals surface area contributed by atoms with E-state index in [9.17, 15) is 5.11 Å². The summed E-state index contributed by atoms with van der Waals surface area (Å²) in [5.74, 6) is 0.687. The Labute approximate surface area is 113 Å². The standard InChI is InChI=1S/C12H13N5OS/c1-17-12-9(4-16-17)11(14-7-15-12)13-5-10(18)8-2-3-19-6-8/h2-4,6-7,10,18H,5H2,1H3,(H,13,14,15). The highest BCUT2D eigenvalue weighted by molar-refractivity contribution is 7.07. The van der Waals surface area contributed by atoms with Gasteiger partial charge in [-0.15, -0.1) is 0 Å². The highest BCUT2D eigenvalue weighted by Crippen LogP contribution is 2.20. The zero-order valence-corrected chi connectivity index (χ0v) is 11.1. The highest BCUT2D eigenvalue weighted by Gasteiger charge is 2.11. The summed E-state index contributed by atoms with van der Waals surface area (Å²) in [6.07, 6.45) is 2.66. The Bertz CT molecular complexity index is 679. The Morgan fingerprint density at radius 3 is 3.16 bits per heavy atom. The summed E-state index contributed by atoms with van der Waals surface area (Å²) < 4.78 is 1.69. The number of fused-ring (bicyclic) bond motifs is 1. The molecule has 1 unspecified atom stereocenters. The van der Waals surface area contributed by atoms with Gasteiger partial charge in [0.2, 0.25) is 0 Å². The zero-order valence-electron chi connectivity index (χ0n) is 10.3. The van der Waals surface area contributed by atoms with Gasteiger partial charge in [0, 0.05) is 13.6 Å². The summed E-state index contributed by atoms with van der Waals surface area (Å²) in [6.45, 7) is 0.401. The fourth-order valence-electron chi connectivity index (χ4n) is 1.88. The Morgan fingerprint density at radius 2 is 2.37 bits per heavy atom. The molecule has 0 radical (unpaired) electrons. The number of aromatic nitrogens is 4. The molecule has 0 aromatic carbocycles. The molecule has 0 aliphatic carbocycles. The Balaban J connectivity index is 1.79. The van der Waals surface area contributed by atoms with Crippen LogP contribution in [0.25, 0.3) is 11.0 Å². The van der Waals surface area contributed by atoms with Gasteiger partial charge in [-0.3, -0.25) is 4.68 Å². The molecule has 19 heavy (non-hydrogen) atoms. The number of thiophene rings is 1. The van der Waals surface area contributed by atoms with E-state index in [0.717, 1.165) is 16.6 Å². The fraction of sp³-hybridized carbons (Fsp3) is 0.250. The van der Waals surface area contributed by atoms with Crippen LogP contribution in [0.5, 0.6) is 0 Å². The van der Waals surface area contributed by atoms with Crippen LogP contribution < -0.4 is 5.32 Å². The number of nitrogens with zero attached hydrogens (tertiary/aromatic N) is 4. The molecule has 7 heteroatoms. The summed E-state index contributed by atoms with van der Waals surface area (Å²) in [7, 11) is 1.83. The molecular weight excluding hydrogens is 262 g/mol. The SMILES string of the molecule is Cn1ncc2c(NCC(O)c3ccsc3)ncnc21. The molecule has 0 bridgehead atoms. The van der Waals surface area contributed by atoms with Gasteiger partial charge in [0.05, 0.1) is 17.7 Å². The van der Waals surface area contributed by atoms with E-state index in [4.69, 9.17) is 0 Å². The molecule has 6 nitrogen and oxygen atoms in total. The topological polar surface area (TPSA) is 75.9 Å². The van der Waals surface area contributed by atoms with Gasteiger partial charge in [-0.1, -0.05) is 0 Å². The van der Waals surface area contributed by atoms with Gasteiger partial charge in [0.1, 0.15) is 12.1 Å². The first-order valence-corrected chi connectivity index (χ1v) is 6.76. The first-order chi connectivity index (χ1) is 9.25. The molecule has 0 aliphatic heterocycles. The minimum absolute atomic E-state index is 0.401. The summed E-state index contributed by atoms with van der Waals surface area (Å²) >= 11 is 1.57. The average Bonchev–Trinajstić information content (AvgIpc) is 3.07. The maximum Gasteiger partial charge on any atom is 0.163 e. The fourth-order valence-corrected chi connectivity index (χ4v) is 2.59. The van der Waals surface area contributed by atoms with Crippen molar-refractivity contribution in [1.29, 1.82) is 0 Å². The van der Waals surface area contributed by atoms with Crippen molar-refractivity contribution in [3.05, 3.63) is 34.9 Å². The van der Waals surface area contributed by atoms with Gasteiger partial charge >= 0.3 is 0 Å². The number of hydrogen-bond donors (Lipinski definition) is 2. The van der Waals surface area contributed by atoms with Crippen LogP contribution in [0.15, 0.2) is 29.4 Å². The van der Waals surface area contributed by atoms with Crippen molar-refractivity contribution < 1.29 is 5.11 Å². The van der Waals surface area contributed by atoms with E-state index >= 15 is 0 Å². The number of nitrogens with one attached hydrogen (secondary N) is 1. The van der Waals surface area contributed by atoms with Crippen molar-refractivity contribution >= 4 is 28.2 Å². The number of hydrogen-bond acceptors (Lipinski definition) is 6. The van der Waals surface area contributed by atoms with E-state index in [1.54, 1.807) is 22.2 Å². The van der Waals surface area contributed by atoms with Crippen LogP contribution in [0, 0.1) is 0 Å². The van der Waals surface area contributed by atoms with Crippen molar-refractivity contribution in [2.75, 3.05) is 11.9 Å². The van der Waals surface area contributed by atoms with E-state index in [1.807, 2.05) is 23.9 Å². The maximum atomic E-state index is 10.0. The van der Waals surface area contributed by atoms with E-state index in [-0.39, 0.29) is 0 Å². The van der Waals surface area contributed by atoms with Gasteiger partial charge in [-0.2, -0.15) is 16.4 Å². The lowest BCUT2D eigenvalue weighted by molar-refractivity contribution is 0.192. The molecule has 0 spiro atoms. The van der Waals surface area contributed by atoms with Crippen LogP contribution in [0.1, 0.15) is 11.7 Å². The van der Waals surface area contributed by atoms with Crippen LogP contribution in [0.2, 0.25) is 0 Å². The van der Waals surface area contributed by atoms with Crippen molar-refractivity contribution in [2.24, 2.45) is 7.05 Å². The van der Waals surface area contributed by atoms with Crippen LogP contribution in [-0.2, 0) is 7.05 Å². The molecule has 0 saturated carbocycles. The van der Waals surface area contributed by atoms with Crippen molar-refractivity contribution in [1.82, 2.24) is 19.7 Å². The molecule has 0 fully saturated rings. The van der Waals surface area contributed by atoms with Gasteiger partial charge < -0.3 is 10.4 Å². The van der Waals surface area contributed by atoms with Gasteiger partial charge in [-0.05, 0) is 22.4 Å². The second-order valence-electron chi connectivity index (χ2n) is 4.18. The largest absolute Gasteiger partial charge is 0.387 e. The zero-order chi connectivity index (χ0) is 13.2. The predicted octanol–water partition coefficient (Wildman–Crippen LogP) is 1.57. The maximum absolute atomic E-state index is 10.0. The first kappa shape index (κ1) is 12.1. The lowest BCUT2D eigenvalue weighted by Gasteiger charge is -2.11. The summed E-state index contributed by atoms with van der Waals surface area (Å²) in [4.78, 5) is 8.36. The lowest BCUT2D eigenvalue weighted by Crippen LogP contribution is -2.12. The number of rotatable bonds is 4. The molecule has 3 rings (SSSR count). The minimum Gasteiger partial charge on any atom is -0.387 e. The molecular formula is C12H13N5OS. The molecule has 3 aromatic heterocycles. The molecule has 3 heterocycles. The normalized spacial score (nSPS) is 12.7. The third-order valence-electron chi connectivity index (χ3n) is 2.92. The molecule has 1 atom stereocenters. The van der Waals surface area contributed by atoms with Crippen LogP contribution in [-0.4, -0.2) is 31.4 Å². The van der Waals surface area contributed by atoms with E-state index in [2.05, 4.69) is 20.4 Å². The Morgan fingerprint density at radius 1 is 1.47 bits per heavy atom. The lowest BCUT2D eigenvalue weighted by atomic mass is 10.2. The molecule has 2 N–H and O–H groups in total. The Kier molecular flexibility index (Phi) is 3.14. The van der Waals surface area contributed by atoms with E-state index < -0.39 is 6.10 Å². The van der Waals surface area contributed by atoms with Crippen LogP contribution in [0.4, 0.5) is 5.82 Å². The smallest absolute Gasteiger partial charge is 0.163 e. The molecule has 0 aliphatic rings. The summed E-state index contributed by atoms with van der Waals surface area (Å²) in [5, 5.41) is 22.0. The van der Waals surface area contributed by atoms with Crippen LogP contribution in [0.3, 0.4) is 0 Å². The third kappa shape index (κ3) is 2.29. The third-order valence-corrected chi connectivity index (χ3v) is 3.62. The average molecular weight is 275 g/mol.